The zero-order valence-corrected chi connectivity index (χ0v) is 14.4. The molecule has 0 aliphatic rings. The van der Waals surface area contributed by atoms with E-state index in [4.69, 9.17) is 9.26 Å². The van der Waals surface area contributed by atoms with Crippen molar-refractivity contribution in [3.05, 3.63) is 81.7 Å². The third-order valence-electron chi connectivity index (χ3n) is 3.68. The monoisotopic (exact) mass is 365 g/mol. The van der Waals surface area contributed by atoms with Gasteiger partial charge in [-0.2, -0.15) is 4.98 Å². The van der Waals surface area contributed by atoms with Crippen LogP contribution in [0.1, 0.15) is 17.0 Å². The second-order valence-corrected chi connectivity index (χ2v) is 5.62. The molecule has 2 aromatic carbocycles. The number of esters is 1. The molecule has 136 valence electrons. The van der Waals surface area contributed by atoms with Crippen molar-refractivity contribution in [2.45, 2.75) is 13.5 Å². The average Bonchev–Trinajstić information content (AvgIpc) is 3.14. The van der Waals surface area contributed by atoms with E-state index in [1.807, 2.05) is 31.2 Å². The van der Waals surface area contributed by atoms with Crippen LogP contribution in [0.15, 0.2) is 59.1 Å². The van der Waals surface area contributed by atoms with Crippen molar-refractivity contribution >= 4 is 17.7 Å². The van der Waals surface area contributed by atoms with E-state index in [1.165, 1.54) is 30.4 Å². The number of benzene rings is 2. The summed E-state index contributed by atoms with van der Waals surface area (Å²) < 4.78 is 10.1. The summed E-state index contributed by atoms with van der Waals surface area (Å²) in [7, 11) is 0. The molecular weight excluding hydrogens is 350 g/mol. The van der Waals surface area contributed by atoms with Crippen LogP contribution in [0.3, 0.4) is 0 Å². The van der Waals surface area contributed by atoms with Gasteiger partial charge in [0, 0.05) is 23.8 Å². The summed E-state index contributed by atoms with van der Waals surface area (Å²) in [5.41, 5.74) is 2.30. The van der Waals surface area contributed by atoms with Gasteiger partial charge < -0.3 is 9.26 Å². The molecule has 1 aromatic heterocycles. The number of aromatic nitrogens is 2. The Kier molecular flexibility index (Phi) is 5.36. The van der Waals surface area contributed by atoms with Crippen molar-refractivity contribution < 1.29 is 19.0 Å². The van der Waals surface area contributed by atoms with Gasteiger partial charge in [-0.3, -0.25) is 10.1 Å². The molecule has 3 aromatic rings. The Morgan fingerprint density at radius 2 is 2.07 bits per heavy atom. The smallest absolute Gasteiger partial charge is 0.331 e. The summed E-state index contributed by atoms with van der Waals surface area (Å²) in [5, 5.41) is 14.6. The predicted octanol–water partition coefficient (Wildman–Crippen LogP) is 3.71. The number of nitro benzene ring substituents is 1. The highest BCUT2D eigenvalue weighted by Crippen LogP contribution is 2.20. The van der Waals surface area contributed by atoms with Crippen molar-refractivity contribution in [1.29, 1.82) is 0 Å². The van der Waals surface area contributed by atoms with E-state index in [0.29, 0.717) is 11.4 Å². The van der Waals surface area contributed by atoms with Gasteiger partial charge in [0.2, 0.25) is 5.82 Å². The van der Waals surface area contributed by atoms with Crippen LogP contribution in [0.25, 0.3) is 17.5 Å². The van der Waals surface area contributed by atoms with E-state index in [9.17, 15) is 14.9 Å². The molecule has 0 aliphatic carbocycles. The number of non-ortho nitro benzene ring substituents is 1. The molecule has 27 heavy (non-hydrogen) atoms. The molecule has 0 spiro atoms. The molecular formula is C19H15N3O5. The number of aryl methyl sites for hydroxylation is 1. The van der Waals surface area contributed by atoms with Crippen molar-refractivity contribution in [2.24, 2.45) is 0 Å². The van der Waals surface area contributed by atoms with Crippen molar-refractivity contribution in [2.75, 3.05) is 0 Å². The normalized spacial score (nSPS) is 10.9. The van der Waals surface area contributed by atoms with Gasteiger partial charge >= 0.3 is 5.97 Å². The number of ether oxygens (including phenoxy) is 1. The van der Waals surface area contributed by atoms with E-state index in [1.54, 1.807) is 6.07 Å². The highest BCUT2D eigenvalue weighted by Gasteiger charge is 2.11. The molecule has 0 amide bonds. The molecule has 0 atom stereocenters. The van der Waals surface area contributed by atoms with Crippen LogP contribution in [0, 0.1) is 17.0 Å². The predicted molar refractivity (Wildman–Crippen MR) is 96.4 cm³/mol. The lowest BCUT2D eigenvalue weighted by molar-refractivity contribution is -0.384. The molecule has 8 heteroatoms. The van der Waals surface area contributed by atoms with Gasteiger partial charge in [-0.15, -0.1) is 0 Å². The number of hydrogen-bond acceptors (Lipinski definition) is 7. The van der Waals surface area contributed by atoms with Crippen molar-refractivity contribution in [3.8, 4) is 11.4 Å². The third-order valence-corrected chi connectivity index (χ3v) is 3.68. The van der Waals surface area contributed by atoms with Gasteiger partial charge in [-0.05, 0) is 24.1 Å². The fraction of sp³-hybridized carbons (Fsp3) is 0.105. The van der Waals surface area contributed by atoms with E-state index in [-0.39, 0.29) is 18.2 Å². The molecule has 0 unspecified atom stereocenters. The van der Waals surface area contributed by atoms with Gasteiger partial charge in [0.1, 0.15) is 0 Å². The number of hydrogen-bond donors (Lipinski definition) is 0. The van der Waals surface area contributed by atoms with E-state index in [0.717, 1.165) is 11.1 Å². The van der Waals surface area contributed by atoms with Crippen LogP contribution >= 0.6 is 0 Å². The van der Waals surface area contributed by atoms with E-state index >= 15 is 0 Å². The topological polar surface area (TPSA) is 108 Å². The molecule has 3 rings (SSSR count). The SMILES string of the molecule is Cc1ccccc1-c1noc(COC(=O)/C=C/c2cccc([N+](=O)[O-])c2)n1. The van der Waals surface area contributed by atoms with Crippen LogP contribution in [0.2, 0.25) is 0 Å². The van der Waals surface area contributed by atoms with Gasteiger partial charge in [0.15, 0.2) is 6.61 Å². The summed E-state index contributed by atoms with van der Waals surface area (Å²) in [6, 6.07) is 13.5. The summed E-state index contributed by atoms with van der Waals surface area (Å²) in [5.74, 6) is -0.0335. The maximum absolute atomic E-state index is 11.8. The number of carbonyl (C=O) groups excluding carboxylic acids is 1. The van der Waals surface area contributed by atoms with Gasteiger partial charge in [0.05, 0.1) is 4.92 Å². The minimum absolute atomic E-state index is 0.0555. The summed E-state index contributed by atoms with van der Waals surface area (Å²) in [6.07, 6.45) is 2.61. The van der Waals surface area contributed by atoms with Gasteiger partial charge in [-0.1, -0.05) is 41.6 Å². The number of nitro groups is 1. The Hall–Kier alpha value is -3.81. The Balaban J connectivity index is 1.59. The molecule has 0 saturated heterocycles. The fourth-order valence-corrected chi connectivity index (χ4v) is 2.33. The molecule has 0 aliphatic heterocycles. The zero-order valence-electron chi connectivity index (χ0n) is 14.4. The number of carbonyl (C=O) groups is 1. The molecule has 8 nitrogen and oxygen atoms in total. The average molecular weight is 365 g/mol. The summed E-state index contributed by atoms with van der Waals surface area (Å²) in [4.78, 5) is 26.3. The molecule has 0 radical (unpaired) electrons. The van der Waals surface area contributed by atoms with Crippen molar-refractivity contribution in [3.63, 3.8) is 0 Å². The zero-order chi connectivity index (χ0) is 19.2. The minimum Gasteiger partial charge on any atom is -0.452 e. The maximum Gasteiger partial charge on any atom is 0.331 e. The quantitative estimate of drug-likeness (QED) is 0.283. The van der Waals surface area contributed by atoms with Crippen LogP contribution in [-0.4, -0.2) is 21.0 Å². The Morgan fingerprint density at radius 1 is 1.26 bits per heavy atom. The van der Waals surface area contributed by atoms with Crippen LogP contribution in [0.4, 0.5) is 5.69 Å². The standard InChI is InChI=1S/C19H15N3O5/c1-13-5-2-3-8-16(13)19-20-17(27-21-19)12-26-18(23)10-9-14-6-4-7-15(11-14)22(24)25/h2-11H,12H2,1H3/b10-9+. The highest BCUT2D eigenvalue weighted by atomic mass is 16.6. The molecule has 1 heterocycles. The first-order valence-corrected chi connectivity index (χ1v) is 8.01. The first kappa shape index (κ1) is 18.0. The second-order valence-electron chi connectivity index (χ2n) is 5.62. The fourth-order valence-electron chi connectivity index (χ4n) is 2.33. The summed E-state index contributed by atoms with van der Waals surface area (Å²) >= 11 is 0. The minimum atomic E-state index is -0.628. The molecule has 0 bridgehead atoms. The maximum atomic E-state index is 11.8. The summed E-state index contributed by atoms with van der Waals surface area (Å²) in [6.45, 7) is 1.76. The Bertz CT molecular complexity index is 1010. The molecule has 0 N–H and O–H groups in total. The lowest BCUT2D eigenvalue weighted by Gasteiger charge is -1.98. The Morgan fingerprint density at radius 3 is 2.85 bits per heavy atom. The lowest BCUT2D eigenvalue weighted by atomic mass is 10.1. The lowest BCUT2D eigenvalue weighted by Crippen LogP contribution is -2.01. The third kappa shape index (κ3) is 4.63. The first-order valence-electron chi connectivity index (χ1n) is 8.01. The van der Waals surface area contributed by atoms with Gasteiger partial charge in [0.25, 0.3) is 11.6 Å². The number of rotatable bonds is 6. The Labute approximate surface area is 154 Å². The van der Waals surface area contributed by atoms with Crippen LogP contribution < -0.4 is 0 Å². The molecule has 0 saturated carbocycles. The molecule has 0 fully saturated rings. The van der Waals surface area contributed by atoms with E-state index < -0.39 is 10.9 Å². The van der Waals surface area contributed by atoms with Crippen LogP contribution in [-0.2, 0) is 16.1 Å². The number of nitrogens with zero attached hydrogens (tertiary/aromatic N) is 3. The van der Waals surface area contributed by atoms with E-state index in [2.05, 4.69) is 10.1 Å². The largest absolute Gasteiger partial charge is 0.452 e. The second kappa shape index (κ2) is 8.05. The van der Waals surface area contributed by atoms with Gasteiger partial charge in [-0.25, -0.2) is 4.79 Å². The van der Waals surface area contributed by atoms with Crippen molar-refractivity contribution in [1.82, 2.24) is 10.1 Å². The highest BCUT2D eigenvalue weighted by molar-refractivity contribution is 5.87. The van der Waals surface area contributed by atoms with Crippen LogP contribution in [0.5, 0.6) is 0 Å². The first-order chi connectivity index (χ1) is 13.0.